The standard InChI is InChI=1S/C16H16ClN5O/c1-21-6-10-5-9(21)7-22(10)15-14-13(19-16(18)20-15)11-4-8(17)2-3-12(11)23-14/h2-4,9-10H,5-7H2,1H3,(H2,18,19,20)/t9-,10-/m0/s1. The van der Waals surface area contributed by atoms with Gasteiger partial charge in [0.15, 0.2) is 11.4 Å². The fourth-order valence-corrected chi connectivity index (χ4v) is 4.11. The number of rotatable bonds is 1. The highest BCUT2D eigenvalue weighted by Crippen LogP contribution is 2.39. The number of hydrogen-bond acceptors (Lipinski definition) is 6. The molecule has 0 aliphatic carbocycles. The highest BCUT2D eigenvalue weighted by atomic mass is 35.5. The average molecular weight is 330 g/mol. The first kappa shape index (κ1) is 13.4. The third-order valence-corrected chi connectivity index (χ3v) is 5.30. The molecule has 6 nitrogen and oxygen atoms in total. The van der Waals surface area contributed by atoms with Crippen molar-refractivity contribution in [2.75, 3.05) is 30.8 Å². The number of nitrogens with two attached hydrogens (primary N) is 1. The number of likely N-dealkylation sites (tertiary alicyclic amines) is 1. The monoisotopic (exact) mass is 329 g/mol. The summed E-state index contributed by atoms with van der Waals surface area (Å²) in [5, 5.41) is 1.53. The Morgan fingerprint density at radius 1 is 1.26 bits per heavy atom. The Kier molecular flexibility index (Phi) is 2.61. The van der Waals surface area contributed by atoms with Crippen molar-refractivity contribution in [1.29, 1.82) is 0 Å². The summed E-state index contributed by atoms with van der Waals surface area (Å²) in [6.45, 7) is 1.99. The molecule has 2 fully saturated rings. The number of benzene rings is 1. The molecule has 2 atom stereocenters. The van der Waals surface area contributed by atoms with Crippen LogP contribution in [0, 0.1) is 0 Å². The zero-order chi connectivity index (χ0) is 15.7. The summed E-state index contributed by atoms with van der Waals surface area (Å²) in [6, 6.07) is 6.58. The molecule has 7 heteroatoms. The van der Waals surface area contributed by atoms with Crippen molar-refractivity contribution in [3.8, 4) is 0 Å². The smallest absolute Gasteiger partial charge is 0.222 e. The van der Waals surface area contributed by atoms with Crippen LogP contribution in [0.4, 0.5) is 11.8 Å². The number of aromatic nitrogens is 2. The lowest BCUT2D eigenvalue weighted by Gasteiger charge is -2.32. The molecule has 2 aromatic heterocycles. The summed E-state index contributed by atoms with van der Waals surface area (Å²) in [5.41, 5.74) is 8.17. The minimum absolute atomic E-state index is 0.270. The van der Waals surface area contributed by atoms with E-state index >= 15 is 0 Å². The maximum atomic E-state index is 6.12. The van der Waals surface area contributed by atoms with Gasteiger partial charge in [-0.1, -0.05) is 11.6 Å². The first-order valence-corrected chi connectivity index (χ1v) is 8.10. The molecule has 5 rings (SSSR count). The van der Waals surface area contributed by atoms with Crippen molar-refractivity contribution in [2.24, 2.45) is 0 Å². The van der Waals surface area contributed by atoms with E-state index in [1.54, 1.807) is 0 Å². The average Bonchev–Trinajstić information content (AvgIpc) is 3.18. The lowest BCUT2D eigenvalue weighted by molar-refractivity contribution is 0.292. The van der Waals surface area contributed by atoms with Crippen LogP contribution >= 0.6 is 11.6 Å². The Balaban J connectivity index is 1.74. The Bertz CT molecular complexity index is 937. The van der Waals surface area contributed by atoms with E-state index in [1.807, 2.05) is 18.2 Å². The van der Waals surface area contributed by atoms with Crippen LogP contribution in [0.2, 0.25) is 5.02 Å². The largest absolute Gasteiger partial charge is 0.450 e. The first-order valence-electron chi connectivity index (χ1n) is 7.72. The predicted octanol–water partition coefficient (Wildman–Crippen LogP) is 2.50. The third kappa shape index (κ3) is 1.85. The summed E-state index contributed by atoms with van der Waals surface area (Å²) >= 11 is 6.12. The SMILES string of the molecule is CN1C[C@@H]2C[C@H]1CN2c1nc(N)nc2c1oc1ccc(Cl)cc12. The molecular weight excluding hydrogens is 314 g/mol. The molecule has 3 aromatic rings. The van der Waals surface area contributed by atoms with Crippen LogP contribution in [0.5, 0.6) is 0 Å². The molecule has 1 aromatic carbocycles. The molecule has 4 heterocycles. The third-order valence-electron chi connectivity index (χ3n) is 5.06. The Morgan fingerprint density at radius 2 is 2.13 bits per heavy atom. The lowest BCUT2D eigenvalue weighted by atomic mass is 10.2. The number of nitrogens with zero attached hydrogens (tertiary/aromatic N) is 4. The summed E-state index contributed by atoms with van der Waals surface area (Å²) in [5.74, 6) is 1.08. The van der Waals surface area contributed by atoms with Gasteiger partial charge in [-0.15, -0.1) is 0 Å². The van der Waals surface area contributed by atoms with Gasteiger partial charge < -0.3 is 15.1 Å². The number of furan rings is 1. The van der Waals surface area contributed by atoms with E-state index in [1.165, 1.54) is 0 Å². The van der Waals surface area contributed by atoms with Gasteiger partial charge in [-0.3, -0.25) is 4.90 Å². The molecule has 0 spiro atoms. The van der Waals surface area contributed by atoms with Gasteiger partial charge in [-0.25, -0.2) is 4.98 Å². The van der Waals surface area contributed by atoms with Gasteiger partial charge in [-0.2, -0.15) is 4.98 Å². The van der Waals surface area contributed by atoms with E-state index in [2.05, 4.69) is 26.8 Å². The first-order chi connectivity index (χ1) is 11.1. The normalized spacial score (nSPS) is 24.3. The molecule has 0 amide bonds. The highest BCUT2D eigenvalue weighted by Gasteiger charge is 2.43. The van der Waals surface area contributed by atoms with Gasteiger partial charge in [0, 0.05) is 35.6 Å². The molecule has 0 saturated carbocycles. The van der Waals surface area contributed by atoms with Crippen molar-refractivity contribution in [3.63, 3.8) is 0 Å². The second-order valence-corrected chi connectivity index (χ2v) is 6.90. The quantitative estimate of drug-likeness (QED) is 0.739. The van der Waals surface area contributed by atoms with E-state index in [0.717, 1.165) is 41.8 Å². The van der Waals surface area contributed by atoms with Crippen LogP contribution in [0.3, 0.4) is 0 Å². The summed E-state index contributed by atoms with van der Waals surface area (Å²) in [7, 11) is 2.18. The zero-order valence-electron chi connectivity index (χ0n) is 12.7. The van der Waals surface area contributed by atoms with Crippen LogP contribution in [-0.4, -0.2) is 47.1 Å². The molecule has 118 valence electrons. The lowest BCUT2D eigenvalue weighted by Crippen LogP contribution is -2.45. The fourth-order valence-electron chi connectivity index (χ4n) is 3.94. The molecular formula is C16H16ClN5O. The second kappa shape index (κ2) is 4.49. The van der Waals surface area contributed by atoms with Gasteiger partial charge >= 0.3 is 0 Å². The number of piperazine rings is 1. The van der Waals surface area contributed by atoms with Crippen molar-refractivity contribution in [3.05, 3.63) is 23.2 Å². The summed E-state index contributed by atoms with van der Waals surface area (Å²) < 4.78 is 6.05. The molecule has 0 radical (unpaired) electrons. The van der Waals surface area contributed by atoms with E-state index in [-0.39, 0.29) is 5.95 Å². The van der Waals surface area contributed by atoms with E-state index in [4.69, 9.17) is 21.8 Å². The molecule has 2 N–H and O–H groups in total. The molecule has 2 aliphatic heterocycles. The van der Waals surface area contributed by atoms with Crippen LogP contribution in [0.1, 0.15) is 6.42 Å². The maximum Gasteiger partial charge on any atom is 0.222 e. The van der Waals surface area contributed by atoms with Gasteiger partial charge in [0.25, 0.3) is 0 Å². The van der Waals surface area contributed by atoms with Crippen molar-refractivity contribution < 1.29 is 4.42 Å². The Hall–Kier alpha value is -2.05. The minimum atomic E-state index is 0.270. The van der Waals surface area contributed by atoms with Crippen molar-refractivity contribution in [2.45, 2.75) is 18.5 Å². The Morgan fingerprint density at radius 3 is 2.87 bits per heavy atom. The predicted molar refractivity (Wildman–Crippen MR) is 90.9 cm³/mol. The number of anilines is 2. The number of hydrogen-bond donors (Lipinski definition) is 1. The molecule has 0 unspecified atom stereocenters. The highest BCUT2D eigenvalue weighted by molar-refractivity contribution is 6.31. The zero-order valence-corrected chi connectivity index (χ0v) is 13.4. The van der Waals surface area contributed by atoms with Crippen LogP contribution in [-0.2, 0) is 0 Å². The number of halogens is 1. The van der Waals surface area contributed by atoms with Gasteiger partial charge in [0.2, 0.25) is 5.95 Å². The van der Waals surface area contributed by atoms with Crippen molar-refractivity contribution >= 4 is 45.4 Å². The van der Waals surface area contributed by atoms with E-state index < -0.39 is 0 Å². The molecule has 2 aliphatic rings. The number of likely N-dealkylation sites (N-methyl/N-ethyl adjacent to an activating group) is 1. The van der Waals surface area contributed by atoms with Crippen LogP contribution in [0.15, 0.2) is 22.6 Å². The van der Waals surface area contributed by atoms with Crippen LogP contribution in [0.25, 0.3) is 22.1 Å². The number of nitrogen functional groups attached to an aromatic ring is 1. The van der Waals surface area contributed by atoms with Crippen molar-refractivity contribution in [1.82, 2.24) is 14.9 Å². The van der Waals surface area contributed by atoms with E-state index in [0.29, 0.717) is 22.7 Å². The number of fused-ring (bicyclic) bond motifs is 5. The topological polar surface area (TPSA) is 71.4 Å². The summed E-state index contributed by atoms with van der Waals surface area (Å²) in [4.78, 5) is 13.6. The van der Waals surface area contributed by atoms with E-state index in [9.17, 15) is 0 Å². The Labute approximate surface area is 137 Å². The van der Waals surface area contributed by atoms with Gasteiger partial charge in [0.05, 0.1) is 0 Å². The fraction of sp³-hybridized carbons (Fsp3) is 0.375. The maximum absolute atomic E-state index is 6.12. The van der Waals surface area contributed by atoms with Gasteiger partial charge in [0.1, 0.15) is 11.1 Å². The van der Waals surface area contributed by atoms with Crippen LogP contribution < -0.4 is 10.6 Å². The minimum Gasteiger partial charge on any atom is -0.450 e. The molecule has 2 bridgehead atoms. The summed E-state index contributed by atoms with van der Waals surface area (Å²) in [6.07, 6.45) is 1.16. The molecule has 2 saturated heterocycles. The second-order valence-electron chi connectivity index (χ2n) is 6.46. The van der Waals surface area contributed by atoms with Gasteiger partial charge in [-0.05, 0) is 31.7 Å². The molecule has 23 heavy (non-hydrogen) atoms.